The smallest absolute Gasteiger partial charge is 0.243 e. The van der Waals surface area contributed by atoms with Crippen molar-refractivity contribution in [1.29, 1.82) is 0 Å². The highest BCUT2D eigenvalue weighted by Crippen LogP contribution is 2.09. The number of imidazole rings is 1. The van der Waals surface area contributed by atoms with Crippen molar-refractivity contribution in [3.63, 3.8) is 0 Å². The Kier molecular flexibility index (Phi) is 18.5. The number of aliphatic imine (C=N–C) groups is 2. The van der Waals surface area contributed by atoms with Gasteiger partial charge in [-0.3, -0.25) is 24.4 Å². The van der Waals surface area contributed by atoms with E-state index in [9.17, 15) is 14.4 Å². The van der Waals surface area contributed by atoms with Crippen LogP contribution in [0.1, 0.15) is 76.8 Å². The van der Waals surface area contributed by atoms with E-state index in [-0.39, 0.29) is 31.3 Å². The Morgan fingerprint density at radius 2 is 1.49 bits per heavy atom. The van der Waals surface area contributed by atoms with Crippen LogP contribution in [0.5, 0.6) is 0 Å². The molecule has 0 fully saturated rings. The van der Waals surface area contributed by atoms with Gasteiger partial charge in [0.25, 0.3) is 0 Å². The molecule has 1 aromatic heterocycles. The number of primary amides is 1. The van der Waals surface area contributed by atoms with Crippen molar-refractivity contribution in [2.24, 2.45) is 44.4 Å². The van der Waals surface area contributed by atoms with E-state index in [2.05, 4.69) is 44.7 Å². The summed E-state index contributed by atoms with van der Waals surface area (Å²) in [5, 5.41) is 5.39. The lowest BCUT2D eigenvalue weighted by Crippen LogP contribution is -2.56. The fourth-order valence-corrected chi connectivity index (χ4v) is 4.26. The number of nitrogens with one attached hydrogen (secondary N) is 2. The summed E-state index contributed by atoms with van der Waals surface area (Å²) in [6, 6.07) is -2.94. The summed E-state index contributed by atoms with van der Waals surface area (Å²) in [6.45, 7) is 3.34. The lowest BCUT2D eigenvalue weighted by molar-refractivity contribution is -0.131. The second kappa shape index (κ2) is 21.5. The van der Waals surface area contributed by atoms with E-state index in [0.717, 1.165) is 18.5 Å². The number of aromatic nitrogens is 2. The van der Waals surface area contributed by atoms with Crippen LogP contribution >= 0.6 is 0 Å². The Morgan fingerprint density at radius 3 is 2.12 bits per heavy atom. The van der Waals surface area contributed by atoms with Crippen molar-refractivity contribution in [1.82, 2.24) is 20.2 Å². The summed E-state index contributed by atoms with van der Waals surface area (Å²) in [6.07, 6.45) is 16.1. The van der Waals surface area contributed by atoms with Crippen molar-refractivity contribution in [2.45, 2.75) is 102 Å². The van der Waals surface area contributed by atoms with Crippen LogP contribution in [0.4, 0.5) is 0 Å². The number of nitrogens with zero attached hydrogens (tertiary/aromatic N) is 4. The predicted molar refractivity (Wildman–Crippen MR) is 169 cm³/mol. The average Bonchev–Trinajstić information content (AvgIpc) is 3.39. The molecule has 1 rings (SSSR count). The van der Waals surface area contributed by atoms with E-state index < -0.39 is 35.8 Å². The Labute approximate surface area is 254 Å². The summed E-state index contributed by atoms with van der Waals surface area (Å²) < 4.78 is 1.90. The van der Waals surface area contributed by atoms with Gasteiger partial charge in [0.05, 0.1) is 12.4 Å². The van der Waals surface area contributed by atoms with Gasteiger partial charge < -0.3 is 49.6 Å². The number of allylic oxidation sites excluding steroid dienone is 2. The Morgan fingerprint density at radius 1 is 0.860 bits per heavy atom. The molecule has 3 atom stereocenters. The highest BCUT2D eigenvalue weighted by atomic mass is 16.2. The molecule has 0 saturated heterocycles. The van der Waals surface area contributed by atoms with Crippen LogP contribution < -0.4 is 45.0 Å². The summed E-state index contributed by atoms with van der Waals surface area (Å²) in [4.78, 5) is 50.5. The second-order valence-electron chi connectivity index (χ2n) is 10.4. The van der Waals surface area contributed by atoms with E-state index in [0.29, 0.717) is 32.4 Å². The first-order chi connectivity index (χ1) is 20.5. The van der Waals surface area contributed by atoms with Gasteiger partial charge in [-0.25, -0.2) is 4.98 Å². The van der Waals surface area contributed by atoms with Gasteiger partial charge in [-0.05, 0) is 38.5 Å². The highest BCUT2D eigenvalue weighted by molar-refractivity contribution is 5.92. The van der Waals surface area contributed by atoms with Gasteiger partial charge in [0.1, 0.15) is 12.1 Å². The molecule has 3 amide bonds. The van der Waals surface area contributed by atoms with E-state index >= 15 is 0 Å². The lowest BCUT2D eigenvalue weighted by Gasteiger charge is -2.23. The third-order valence-corrected chi connectivity index (χ3v) is 6.70. The zero-order chi connectivity index (χ0) is 32.0. The van der Waals surface area contributed by atoms with Crippen molar-refractivity contribution in [2.75, 3.05) is 13.1 Å². The maximum atomic E-state index is 13.4. The summed E-state index contributed by atoms with van der Waals surface area (Å²) >= 11 is 0. The normalized spacial score (nSPS) is 13.2. The monoisotopic (exact) mass is 604 g/mol. The fraction of sp³-hybridized carbons (Fsp3) is 0.643. The van der Waals surface area contributed by atoms with E-state index in [1.807, 2.05) is 4.57 Å². The molecular formula is C28H52N12O3. The number of amides is 3. The maximum Gasteiger partial charge on any atom is 0.243 e. The number of rotatable bonds is 23. The topological polar surface area (TPSA) is 274 Å². The molecular weight excluding hydrogens is 552 g/mol. The van der Waals surface area contributed by atoms with Crippen LogP contribution in [0.15, 0.2) is 34.7 Å². The standard InChI is InChI=1S/C28H52N12O3/c1-2-3-4-5-6-7-8-9-16-40-19-35-18-20(40)17-23(39-25(42)21(29)12-10-14-36-27(31)32)26(43)38-22(24(30)41)13-11-15-37-28(33)34/h8-9,18-19,21-23H,2-7,10-17,29H2,1H3,(H2,30,41)(H,38,43)(H,39,42)(H4,31,32,36)(H4,33,34,37)/b9-8+/t21-,22-,23-/m0/s1. The van der Waals surface area contributed by atoms with Gasteiger partial charge in [-0.15, -0.1) is 0 Å². The molecule has 0 aromatic carbocycles. The molecule has 14 N–H and O–H groups in total. The maximum absolute atomic E-state index is 13.4. The molecule has 1 aromatic rings. The third-order valence-electron chi connectivity index (χ3n) is 6.70. The Hall–Kier alpha value is -4.14. The average molecular weight is 605 g/mol. The van der Waals surface area contributed by atoms with Gasteiger partial charge in [0, 0.05) is 37.9 Å². The van der Waals surface area contributed by atoms with Crippen LogP contribution in [0.25, 0.3) is 0 Å². The third kappa shape index (κ3) is 16.8. The zero-order valence-corrected chi connectivity index (χ0v) is 25.4. The molecule has 242 valence electrons. The molecule has 0 radical (unpaired) electrons. The zero-order valence-electron chi connectivity index (χ0n) is 25.4. The van der Waals surface area contributed by atoms with E-state index in [1.165, 1.54) is 25.7 Å². The van der Waals surface area contributed by atoms with Crippen molar-refractivity contribution < 1.29 is 14.4 Å². The molecule has 0 aliphatic rings. The predicted octanol–water partition coefficient (Wildman–Crippen LogP) is -0.768. The van der Waals surface area contributed by atoms with E-state index in [1.54, 1.807) is 12.5 Å². The van der Waals surface area contributed by atoms with Crippen LogP contribution in [0, 0.1) is 0 Å². The molecule has 15 heteroatoms. The number of guanidine groups is 2. The first kappa shape index (κ1) is 36.9. The minimum absolute atomic E-state index is 0.0458. The molecule has 0 aliphatic heterocycles. The van der Waals surface area contributed by atoms with Gasteiger partial charge in [0.2, 0.25) is 17.7 Å². The molecule has 15 nitrogen and oxygen atoms in total. The number of nitrogens with two attached hydrogens (primary N) is 6. The van der Waals surface area contributed by atoms with Gasteiger partial charge in [0.15, 0.2) is 11.9 Å². The number of unbranched alkanes of at least 4 members (excludes halogenated alkanes) is 5. The van der Waals surface area contributed by atoms with Crippen LogP contribution in [0.2, 0.25) is 0 Å². The number of carbonyl (C=O) groups excluding carboxylic acids is 3. The highest BCUT2D eigenvalue weighted by Gasteiger charge is 2.28. The summed E-state index contributed by atoms with van der Waals surface area (Å²) in [7, 11) is 0. The molecule has 0 unspecified atom stereocenters. The Bertz CT molecular complexity index is 1060. The molecule has 0 spiro atoms. The summed E-state index contributed by atoms with van der Waals surface area (Å²) in [5.41, 5.74) is 33.7. The van der Waals surface area contributed by atoms with Crippen molar-refractivity contribution in [3.8, 4) is 0 Å². The summed E-state index contributed by atoms with van der Waals surface area (Å²) in [5.74, 6) is -1.94. The number of carbonyl (C=O) groups is 3. The van der Waals surface area contributed by atoms with Crippen LogP contribution in [-0.2, 0) is 27.3 Å². The van der Waals surface area contributed by atoms with Gasteiger partial charge in [-0.2, -0.15) is 0 Å². The first-order valence-electron chi connectivity index (χ1n) is 15.0. The van der Waals surface area contributed by atoms with E-state index in [4.69, 9.17) is 34.4 Å². The number of hydrogen-bond acceptors (Lipinski definition) is 7. The van der Waals surface area contributed by atoms with Crippen LogP contribution in [0.3, 0.4) is 0 Å². The molecule has 1 heterocycles. The fourth-order valence-electron chi connectivity index (χ4n) is 4.26. The number of hydrogen-bond donors (Lipinski definition) is 8. The first-order valence-corrected chi connectivity index (χ1v) is 15.0. The lowest BCUT2D eigenvalue weighted by atomic mass is 10.1. The molecule has 0 saturated carbocycles. The minimum Gasteiger partial charge on any atom is -0.370 e. The molecule has 43 heavy (non-hydrogen) atoms. The van der Waals surface area contributed by atoms with Crippen molar-refractivity contribution >= 4 is 29.6 Å². The SMILES string of the molecule is CCCCCCC/C=C/Cn1cncc1C[C@H](NC(=O)[C@@H](N)CCCN=C(N)N)C(=O)N[C@@H](CCCN=C(N)N)C(N)=O. The quantitative estimate of drug-likeness (QED) is 0.0336. The second-order valence-corrected chi connectivity index (χ2v) is 10.4. The van der Waals surface area contributed by atoms with Gasteiger partial charge >= 0.3 is 0 Å². The largest absolute Gasteiger partial charge is 0.370 e. The van der Waals surface area contributed by atoms with Crippen LogP contribution in [-0.4, -0.2) is 70.4 Å². The van der Waals surface area contributed by atoms with Crippen molar-refractivity contribution in [3.05, 3.63) is 30.4 Å². The van der Waals surface area contributed by atoms with Gasteiger partial charge in [-0.1, -0.05) is 44.8 Å². The Balaban J connectivity index is 2.95. The molecule has 0 bridgehead atoms. The minimum atomic E-state index is -1.05. The molecule has 0 aliphatic carbocycles.